The predicted octanol–water partition coefficient (Wildman–Crippen LogP) is 3.93. The molecule has 1 aromatic rings. The lowest BCUT2D eigenvalue weighted by Gasteiger charge is -2.13. The zero-order valence-corrected chi connectivity index (χ0v) is 10.8. The first kappa shape index (κ1) is 12.1. The van der Waals surface area contributed by atoms with Gasteiger partial charge in [-0.05, 0) is 35.3 Å². The highest BCUT2D eigenvalue weighted by molar-refractivity contribution is 9.10. The predicted molar refractivity (Wildman–Crippen MR) is 65.4 cm³/mol. The van der Waals surface area contributed by atoms with Crippen LogP contribution in [0.2, 0.25) is 5.02 Å². The Bertz CT molecular complexity index is 307. The van der Waals surface area contributed by atoms with Crippen LogP contribution in [0.4, 0.5) is 5.82 Å². The van der Waals surface area contributed by atoms with Crippen molar-refractivity contribution < 1.29 is 0 Å². The van der Waals surface area contributed by atoms with Crippen LogP contribution in [-0.4, -0.2) is 16.9 Å². The third-order valence-corrected chi connectivity index (χ3v) is 2.76. The highest BCUT2D eigenvalue weighted by Gasteiger charge is 2.05. The number of hydrogen-bond acceptors (Lipinski definition) is 2. The first-order valence-electron chi connectivity index (χ1n) is 4.27. The minimum atomic E-state index is 0.303. The van der Waals surface area contributed by atoms with Crippen LogP contribution in [0.5, 0.6) is 0 Å². The van der Waals surface area contributed by atoms with Crippen molar-refractivity contribution in [3.8, 4) is 0 Å². The number of hydrogen-bond donors (Lipinski definition) is 1. The molecule has 78 valence electrons. The van der Waals surface area contributed by atoms with Crippen LogP contribution in [0, 0.1) is 0 Å². The molecular formula is C9H11BrCl2N2. The Kier molecular flexibility index (Phi) is 4.99. The van der Waals surface area contributed by atoms with Crippen LogP contribution in [0.3, 0.4) is 0 Å². The molecule has 0 aliphatic heterocycles. The molecule has 1 rings (SSSR count). The molecule has 1 atom stereocenters. The van der Waals surface area contributed by atoms with Gasteiger partial charge in [-0.3, -0.25) is 0 Å². The largest absolute Gasteiger partial charge is 0.367 e. The maximum atomic E-state index is 5.77. The number of nitrogens with one attached hydrogen (secondary N) is 1. The van der Waals surface area contributed by atoms with E-state index in [0.717, 1.165) is 16.7 Å². The quantitative estimate of drug-likeness (QED) is 0.852. The van der Waals surface area contributed by atoms with Gasteiger partial charge in [0.15, 0.2) is 0 Å². The fourth-order valence-electron chi connectivity index (χ4n) is 0.990. The molecule has 0 aromatic carbocycles. The van der Waals surface area contributed by atoms with Crippen molar-refractivity contribution in [1.82, 2.24) is 4.98 Å². The van der Waals surface area contributed by atoms with E-state index in [2.05, 4.69) is 33.2 Å². The molecule has 1 heterocycles. The van der Waals surface area contributed by atoms with Crippen molar-refractivity contribution in [2.75, 3.05) is 11.2 Å². The highest BCUT2D eigenvalue weighted by Crippen LogP contribution is 2.23. The monoisotopic (exact) mass is 296 g/mol. The second-order valence-corrected chi connectivity index (χ2v) is 4.68. The minimum absolute atomic E-state index is 0.303. The summed E-state index contributed by atoms with van der Waals surface area (Å²) in [5.41, 5.74) is 0. The minimum Gasteiger partial charge on any atom is -0.367 e. The number of nitrogens with zero attached hydrogens (tertiary/aromatic N) is 1. The SMILES string of the molecule is CC(CCCl)Nc1ncc(Cl)cc1Br. The highest BCUT2D eigenvalue weighted by atomic mass is 79.9. The molecule has 0 fully saturated rings. The van der Waals surface area contributed by atoms with E-state index in [9.17, 15) is 0 Å². The lowest BCUT2D eigenvalue weighted by Crippen LogP contribution is -2.16. The summed E-state index contributed by atoms with van der Waals surface area (Å²) in [6.07, 6.45) is 2.51. The van der Waals surface area contributed by atoms with Crippen LogP contribution in [0.1, 0.15) is 13.3 Å². The third kappa shape index (κ3) is 3.64. The van der Waals surface area contributed by atoms with Gasteiger partial charge in [0.25, 0.3) is 0 Å². The summed E-state index contributed by atoms with van der Waals surface area (Å²) >= 11 is 14.8. The fraction of sp³-hybridized carbons (Fsp3) is 0.444. The van der Waals surface area contributed by atoms with Gasteiger partial charge in [0.1, 0.15) is 5.82 Å². The molecule has 0 bridgehead atoms. The van der Waals surface area contributed by atoms with E-state index >= 15 is 0 Å². The second-order valence-electron chi connectivity index (χ2n) is 3.01. The molecule has 0 spiro atoms. The molecule has 0 aliphatic rings. The summed E-state index contributed by atoms with van der Waals surface area (Å²) in [5.74, 6) is 1.44. The number of aromatic nitrogens is 1. The summed E-state index contributed by atoms with van der Waals surface area (Å²) in [5, 5.41) is 3.86. The smallest absolute Gasteiger partial charge is 0.140 e. The van der Waals surface area contributed by atoms with Crippen LogP contribution >= 0.6 is 39.1 Å². The van der Waals surface area contributed by atoms with Crippen LogP contribution in [0.15, 0.2) is 16.7 Å². The van der Waals surface area contributed by atoms with Crippen LogP contribution in [0.25, 0.3) is 0 Å². The number of pyridine rings is 1. The molecule has 5 heteroatoms. The zero-order valence-electron chi connectivity index (χ0n) is 7.73. The van der Waals surface area contributed by atoms with Gasteiger partial charge < -0.3 is 5.32 Å². The van der Waals surface area contributed by atoms with Gasteiger partial charge in [0, 0.05) is 18.1 Å². The van der Waals surface area contributed by atoms with Crippen molar-refractivity contribution in [2.24, 2.45) is 0 Å². The zero-order chi connectivity index (χ0) is 10.6. The van der Waals surface area contributed by atoms with Crippen molar-refractivity contribution in [3.05, 3.63) is 21.8 Å². The molecule has 0 saturated carbocycles. The van der Waals surface area contributed by atoms with Crippen molar-refractivity contribution in [2.45, 2.75) is 19.4 Å². The summed E-state index contributed by atoms with van der Waals surface area (Å²) < 4.78 is 0.867. The molecule has 14 heavy (non-hydrogen) atoms. The van der Waals surface area contributed by atoms with Crippen molar-refractivity contribution >= 4 is 44.9 Å². The lowest BCUT2D eigenvalue weighted by molar-refractivity contribution is 0.763. The van der Waals surface area contributed by atoms with E-state index in [1.165, 1.54) is 0 Å². The Labute approximate surface area is 102 Å². The Hall–Kier alpha value is 0.01000. The van der Waals surface area contributed by atoms with E-state index in [1.807, 2.05) is 6.07 Å². The third-order valence-electron chi connectivity index (χ3n) is 1.73. The van der Waals surface area contributed by atoms with E-state index in [1.54, 1.807) is 6.20 Å². The summed E-state index contributed by atoms with van der Waals surface area (Å²) in [6, 6.07) is 2.11. The number of halogens is 3. The summed E-state index contributed by atoms with van der Waals surface area (Å²) in [4.78, 5) is 4.17. The molecule has 0 saturated heterocycles. The van der Waals surface area contributed by atoms with Gasteiger partial charge in [-0.2, -0.15) is 0 Å². The number of anilines is 1. The first-order chi connectivity index (χ1) is 6.63. The molecule has 0 aliphatic carbocycles. The average molecular weight is 298 g/mol. The molecule has 0 radical (unpaired) electrons. The maximum Gasteiger partial charge on any atom is 0.140 e. The molecule has 1 aromatic heterocycles. The topological polar surface area (TPSA) is 24.9 Å². The Morgan fingerprint density at radius 3 is 2.93 bits per heavy atom. The van der Waals surface area contributed by atoms with Gasteiger partial charge in [-0.1, -0.05) is 11.6 Å². The average Bonchev–Trinajstić information content (AvgIpc) is 2.10. The van der Waals surface area contributed by atoms with E-state index in [-0.39, 0.29) is 0 Å². The van der Waals surface area contributed by atoms with E-state index in [0.29, 0.717) is 16.9 Å². The van der Waals surface area contributed by atoms with E-state index in [4.69, 9.17) is 23.2 Å². The number of alkyl halides is 1. The van der Waals surface area contributed by atoms with Gasteiger partial charge in [-0.15, -0.1) is 11.6 Å². The van der Waals surface area contributed by atoms with Gasteiger partial charge in [-0.25, -0.2) is 4.98 Å². The Morgan fingerprint density at radius 2 is 2.36 bits per heavy atom. The van der Waals surface area contributed by atoms with Crippen molar-refractivity contribution in [1.29, 1.82) is 0 Å². The van der Waals surface area contributed by atoms with E-state index < -0.39 is 0 Å². The van der Waals surface area contributed by atoms with Gasteiger partial charge in [0.2, 0.25) is 0 Å². The normalized spacial score (nSPS) is 12.6. The number of rotatable bonds is 4. The summed E-state index contributed by atoms with van der Waals surface area (Å²) in [7, 11) is 0. The molecule has 0 amide bonds. The molecular weight excluding hydrogens is 287 g/mol. The molecule has 1 unspecified atom stereocenters. The first-order valence-corrected chi connectivity index (χ1v) is 5.97. The molecule has 1 N–H and O–H groups in total. The maximum absolute atomic E-state index is 5.77. The van der Waals surface area contributed by atoms with Gasteiger partial charge >= 0.3 is 0 Å². The Morgan fingerprint density at radius 1 is 1.64 bits per heavy atom. The van der Waals surface area contributed by atoms with Gasteiger partial charge in [0.05, 0.1) is 9.50 Å². The van der Waals surface area contributed by atoms with Crippen LogP contribution < -0.4 is 5.32 Å². The lowest BCUT2D eigenvalue weighted by atomic mass is 10.2. The molecule has 2 nitrogen and oxygen atoms in total. The fourth-order valence-corrected chi connectivity index (χ4v) is 2.07. The second kappa shape index (κ2) is 5.79. The standard InChI is InChI=1S/C9H11BrCl2N2/c1-6(2-3-11)14-9-8(10)4-7(12)5-13-9/h4-6H,2-3H2,1H3,(H,13,14). The van der Waals surface area contributed by atoms with Crippen LogP contribution in [-0.2, 0) is 0 Å². The Balaban J connectivity index is 2.67. The summed E-state index contributed by atoms with van der Waals surface area (Å²) in [6.45, 7) is 2.06. The van der Waals surface area contributed by atoms with Crippen molar-refractivity contribution in [3.63, 3.8) is 0 Å².